The molecule has 0 bridgehead atoms. The SMILES string of the molecule is Cc1cccc2sc(NC(=O)c3ccc(S(=O)(=O)N(Cc4ccccc4)C(C)C)cc3)nc12. The van der Waals surface area contributed by atoms with Crippen molar-refractivity contribution in [1.29, 1.82) is 0 Å². The predicted molar refractivity (Wildman–Crippen MR) is 133 cm³/mol. The van der Waals surface area contributed by atoms with Crippen molar-refractivity contribution >= 4 is 42.6 Å². The van der Waals surface area contributed by atoms with E-state index in [1.807, 2.05) is 69.3 Å². The van der Waals surface area contributed by atoms with Crippen molar-refractivity contribution in [2.75, 3.05) is 5.32 Å². The molecule has 3 aromatic carbocycles. The predicted octanol–water partition coefficient (Wildman–Crippen LogP) is 5.46. The van der Waals surface area contributed by atoms with Crippen LogP contribution in [0.3, 0.4) is 0 Å². The lowest BCUT2D eigenvalue weighted by molar-refractivity contribution is 0.102. The van der Waals surface area contributed by atoms with Crippen LogP contribution in [0, 0.1) is 6.92 Å². The fraction of sp³-hybridized carbons (Fsp3) is 0.200. The Labute approximate surface area is 198 Å². The summed E-state index contributed by atoms with van der Waals surface area (Å²) in [6.07, 6.45) is 0. The first-order valence-corrected chi connectivity index (χ1v) is 12.8. The van der Waals surface area contributed by atoms with E-state index in [9.17, 15) is 13.2 Å². The summed E-state index contributed by atoms with van der Waals surface area (Å²) in [7, 11) is -3.73. The molecule has 0 aliphatic carbocycles. The molecule has 1 heterocycles. The van der Waals surface area contributed by atoms with Gasteiger partial charge in [-0.1, -0.05) is 53.8 Å². The number of nitrogens with one attached hydrogen (secondary N) is 1. The Morgan fingerprint density at radius 1 is 1.00 bits per heavy atom. The van der Waals surface area contributed by atoms with E-state index in [0.29, 0.717) is 10.7 Å². The third-order valence-corrected chi connectivity index (χ3v) is 8.29. The Bertz CT molecular complexity index is 1380. The number of anilines is 1. The van der Waals surface area contributed by atoms with Gasteiger partial charge < -0.3 is 0 Å². The maximum atomic E-state index is 13.3. The summed E-state index contributed by atoms with van der Waals surface area (Å²) in [5.74, 6) is -0.333. The third kappa shape index (κ3) is 4.98. The largest absolute Gasteiger partial charge is 0.298 e. The first-order valence-electron chi connectivity index (χ1n) is 10.6. The summed E-state index contributed by atoms with van der Waals surface area (Å²) in [6, 6.07) is 21.2. The first-order chi connectivity index (χ1) is 15.8. The van der Waals surface area contributed by atoms with Crippen molar-refractivity contribution < 1.29 is 13.2 Å². The average Bonchev–Trinajstić information content (AvgIpc) is 3.22. The molecule has 0 saturated carbocycles. The van der Waals surface area contributed by atoms with E-state index < -0.39 is 10.0 Å². The topological polar surface area (TPSA) is 79.4 Å². The molecule has 0 spiro atoms. The second kappa shape index (κ2) is 9.43. The van der Waals surface area contributed by atoms with Gasteiger partial charge in [-0.3, -0.25) is 10.1 Å². The highest BCUT2D eigenvalue weighted by Crippen LogP contribution is 2.28. The summed E-state index contributed by atoms with van der Waals surface area (Å²) in [6.45, 7) is 5.95. The number of hydrogen-bond acceptors (Lipinski definition) is 5. The van der Waals surface area contributed by atoms with E-state index in [0.717, 1.165) is 21.3 Å². The molecule has 0 atom stereocenters. The van der Waals surface area contributed by atoms with Gasteiger partial charge in [-0.05, 0) is 62.2 Å². The maximum absolute atomic E-state index is 13.3. The van der Waals surface area contributed by atoms with E-state index in [1.165, 1.54) is 39.9 Å². The van der Waals surface area contributed by atoms with E-state index in [-0.39, 0.29) is 23.4 Å². The first kappa shape index (κ1) is 23.1. The van der Waals surface area contributed by atoms with Gasteiger partial charge in [-0.2, -0.15) is 4.31 Å². The van der Waals surface area contributed by atoms with Crippen LogP contribution in [0.5, 0.6) is 0 Å². The molecule has 1 aromatic heterocycles. The van der Waals surface area contributed by atoms with Gasteiger partial charge in [0.25, 0.3) is 5.91 Å². The van der Waals surface area contributed by atoms with Crippen molar-refractivity contribution in [3.63, 3.8) is 0 Å². The van der Waals surface area contributed by atoms with Crippen molar-refractivity contribution in [1.82, 2.24) is 9.29 Å². The molecule has 0 aliphatic heterocycles. The highest BCUT2D eigenvalue weighted by Gasteiger charge is 2.27. The lowest BCUT2D eigenvalue weighted by Gasteiger charge is -2.26. The fourth-order valence-electron chi connectivity index (χ4n) is 3.53. The van der Waals surface area contributed by atoms with Gasteiger partial charge in [0, 0.05) is 18.2 Å². The average molecular weight is 480 g/mol. The van der Waals surface area contributed by atoms with Crippen LogP contribution < -0.4 is 5.32 Å². The fourth-order valence-corrected chi connectivity index (χ4v) is 6.09. The van der Waals surface area contributed by atoms with Crippen LogP contribution in [0.25, 0.3) is 10.2 Å². The van der Waals surface area contributed by atoms with Crippen LogP contribution in [0.4, 0.5) is 5.13 Å². The molecule has 170 valence electrons. The van der Waals surface area contributed by atoms with Crippen molar-refractivity contribution in [3.05, 3.63) is 89.5 Å². The van der Waals surface area contributed by atoms with Crippen LogP contribution in [0.15, 0.2) is 77.7 Å². The number of aromatic nitrogens is 1. The van der Waals surface area contributed by atoms with Crippen LogP contribution in [0.1, 0.15) is 35.3 Å². The Morgan fingerprint density at radius 2 is 1.70 bits per heavy atom. The second-order valence-corrected chi connectivity index (χ2v) is 11.0. The summed E-state index contributed by atoms with van der Waals surface area (Å²) >= 11 is 1.40. The number of rotatable bonds is 7. The number of aryl methyl sites for hydroxylation is 1. The van der Waals surface area contributed by atoms with Gasteiger partial charge in [0.2, 0.25) is 10.0 Å². The van der Waals surface area contributed by atoms with E-state index in [2.05, 4.69) is 10.3 Å². The van der Waals surface area contributed by atoms with Gasteiger partial charge in [-0.25, -0.2) is 13.4 Å². The molecule has 0 radical (unpaired) electrons. The highest BCUT2D eigenvalue weighted by atomic mass is 32.2. The second-order valence-electron chi connectivity index (χ2n) is 8.05. The molecule has 4 rings (SSSR count). The Balaban J connectivity index is 1.53. The minimum absolute atomic E-state index is 0.152. The zero-order chi connectivity index (χ0) is 23.6. The standard InChI is InChI=1S/C25H25N3O3S2/c1-17(2)28(16-19-9-5-4-6-10-19)33(30,31)21-14-12-20(13-15-21)24(29)27-25-26-23-18(3)8-7-11-22(23)32-25/h4-15,17H,16H2,1-3H3,(H,26,27,29). The number of carbonyl (C=O) groups is 1. The molecule has 0 unspecified atom stereocenters. The smallest absolute Gasteiger partial charge is 0.257 e. The molecular formula is C25H25N3O3S2. The number of fused-ring (bicyclic) bond motifs is 1. The number of para-hydroxylation sites is 1. The number of thiazole rings is 1. The number of carbonyl (C=O) groups excluding carboxylic acids is 1. The Morgan fingerprint density at radius 3 is 2.33 bits per heavy atom. The lowest BCUT2D eigenvalue weighted by atomic mass is 10.2. The normalized spacial score (nSPS) is 11.9. The third-order valence-electron chi connectivity index (χ3n) is 5.32. The van der Waals surface area contributed by atoms with Gasteiger partial charge in [0.1, 0.15) is 0 Å². The number of benzene rings is 3. The van der Waals surface area contributed by atoms with E-state index in [4.69, 9.17) is 0 Å². The molecule has 0 saturated heterocycles. The van der Waals surface area contributed by atoms with Gasteiger partial charge >= 0.3 is 0 Å². The zero-order valence-electron chi connectivity index (χ0n) is 18.6. The molecule has 33 heavy (non-hydrogen) atoms. The molecule has 6 nitrogen and oxygen atoms in total. The summed E-state index contributed by atoms with van der Waals surface area (Å²) in [4.78, 5) is 17.4. The molecule has 1 amide bonds. The summed E-state index contributed by atoms with van der Waals surface area (Å²) < 4.78 is 29.1. The number of sulfonamides is 1. The van der Waals surface area contributed by atoms with Crippen LogP contribution in [0.2, 0.25) is 0 Å². The number of nitrogens with zero attached hydrogens (tertiary/aromatic N) is 2. The molecule has 0 aliphatic rings. The summed E-state index contributed by atoms with van der Waals surface area (Å²) in [5, 5.41) is 3.32. The highest BCUT2D eigenvalue weighted by molar-refractivity contribution is 7.89. The Kier molecular flexibility index (Phi) is 6.60. The van der Waals surface area contributed by atoms with E-state index >= 15 is 0 Å². The zero-order valence-corrected chi connectivity index (χ0v) is 20.3. The summed E-state index contributed by atoms with van der Waals surface area (Å²) in [5.41, 5.74) is 3.19. The Hall–Kier alpha value is -3.07. The van der Waals surface area contributed by atoms with Gasteiger partial charge in [0.05, 0.1) is 15.1 Å². The molecule has 1 N–H and O–H groups in total. The number of amides is 1. The minimum atomic E-state index is -3.73. The lowest BCUT2D eigenvalue weighted by Crippen LogP contribution is -2.36. The number of hydrogen-bond donors (Lipinski definition) is 1. The monoisotopic (exact) mass is 479 g/mol. The molecule has 8 heteroatoms. The molecule has 0 fully saturated rings. The van der Waals surface area contributed by atoms with Gasteiger partial charge in [0.15, 0.2) is 5.13 Å². The quantitative estimate of drug-likeness (QED) is 0.382. The molecule has 4 aromatic rings. The minimum Gasteiger partial charge on any atom is -0.298 e. The van der Waals surface area contributed by atoms with Gasteiger partial charge in [-0.15, -0.1) is 0 Å². The van der Waals surface area contributed by atoms with Crippen molar-refractivity contribution in [3.8, 4) is 0 Å². The van der Waals surface area contributed by atoms with E-state index in [1.54, 1.807) is 0 Å². The van der Waals surface area contributed by atoms with Crippen molar-refractivity contribution in [2.45, 2.75) is 38.3 Å². The van der Waals surface area contributed by atoms with Crippen LogP contribution in [-0.4, -0.2) is 29.7 Å². The molecular weight excluding hydrogens is 454 g/mol. The van der Waals surface area contributed by atoms with Crippen LogP contribution >= 0.6 is 11.3 Å². The van der Waals surface area contributed by atoms with Crippen LogP contribution in [-0.2, 0) is 16.6 Å². The van der Waals surface area contributed by atoms with Crippen molar-refractivity contribution in [2.24, 2.45) is 0 Å². The maximum Gasteiger partial charge on any atom is 0.257 e.